The van der Waals surface area contributed by atoms with E-state index in [1.807, 2.05) is 12.1 Å². The molecule has 0 saturated heterocycles. The smallest absolute Gasteiger partial charge is 0.422 e. The van der Waals surface area contributed by atoms with E-state index in [9.17, 15) is 4.57 Å². The summed E-state index contributed by atoms with van der Waals surface area (Å²) in [5.74, 6) is 0.432. The van der Waals surface area contributed by atoms with Crippen LogP contribution < -0.4 is 4.52 Å². The lowest BCUT2D eigenvalue weighted by Gasteiger charge is -2.25. The first-order valence-corrected chi connectivity index (χ1v) is 9.97. The minimum absolute atomic E-state index is 0.124. The van der Waals surface area contributed by atoms with Crippen molar-refractivity contribution in [1.82, 2.24) is 0 Å². The lowest BCUT2D eigenvalue weighted by Crippen LogP contribution is -2.16. The zero-order chi connectivity index (χ0) is 14.5. The monoisotopic (exact) mass is 322 g/mol. The number of halogens is 2. The molecule has 0 saturated carbocycles. The van der Waals surface area contributed by atoms with Crippen LogP contribution in [0.25, 0.3) is 0 Å². The molecule has 0 heterocycles. The van der Waals surface area contributed by atoms with Gasteiger partial charge in [-0.05, 0) is 29.5 Å². The van der Waals surface area contributed by atoms with Gasteiger partial charge in [-0.25, -0.2) is 4.57 Å². The SMILES string of the molecule is CCCCCC(C)(C)c1ccc(OP(=O)(Cl)Cl)cc1. The molecule has 0 spiro atoms. The van der Waals surface area contributed by atoms with Crippen LogP contribution in [0.1, 0.15) is 52.0 Å². The van der Waals surface area contributed by atoms with Crippen LogP contribution in [0.15, 0.2) is 24.3 Å². The Kier molecular flexibility index (Phi) is 6.23. The Balaban J connectivity index is 2.72. The van der Waals surface area contributed by atoms with Gasteiger partial charge in [0.15, 0.2) is 0 Å². The summed E-state index contributed by atoms with van der Waals surface area (Å²) in [7, 11) is 0. The van der Waals surface area contributed by atoms with Crippen molar-refractivity contribution < 1.29 is 9.09 Å². The van der Waals surface area contributed by atoms with Gasteiger partial charge >= 0.3 is 6.07 Å². The van der Waals surface area contributed by atoms with E-state index in [1.54, 1.807) is 12.1 Å². The fourth-order valence-electron chi connectivity index (χ4n) is 2.05. The van der Waals surface area contributed by atoms with E-state index in [-0.39, 0.29) is 5.41 Å². The molecule has 19 heavy (non-hydrogen) atoms. The second-order valence-electron chi connectivity index (χ2n) is 5.37. The molecule has 0 amide bonds. The number of unbranched alkanes of at least 4 members (excludes halogenated alkanes) is 2. The zero-order valence-corrected chi connectivity index (χ0v) is 14.1. The molecule has 0 fully saturated rings. The first kappa shape index (κ1) is 16.9. The summed E-state index contributed by atoms with van der Waals surface area (Å²) in [5, 5.41) is 0. The van der Waals surface area contributed by atoms with E-state index in [1.165, 1.54) is 24.8 Å². The first-order valence-electron chi connectivity index (χ1n) is 6.54. The van der Waals surface area contributed by atoms with Crippen molar-refractivity contribution in [1.29, 1.82) is 0 Å². The van der Waals surface area contributed by atoms with Crippen LogP contribution in [0.5, 0.6) is 5.75 Å². The van der Waals surface area contributed by atoms with Gasteiger partial charge in [0, 0.05) is 22.5 Å². The third kappa shape index (κ3) is 6.21. The maximum absolute atomic E-state index is 11.1. The van der Waals surface area contributed by atoms with Crippen LogP contribution in [0.2, 0.25) is 0 Å². The summed E-state index contributed by atoms with van der Waals surface area (Å²) in [5.41, 5.74) is 1.36. The third-order valence-corrected chi connectivity index (χ3v) is 4.09. The van der Waals surface area contributed by atoms with Crippen molar-refractivity contribution in [2.75, 3.05) is 0 Å². The lowest BCUT2D eigenvalue weighted by molar-refractivity contribution is 0.449. The van der Waals surface area contributed by atoms with Crippen LogP contribution in [0, 0.1) is 0 Å². The summed E-state index contributed by atoms with van der Waals surface area (Å²) in [6.45, 7) is 6.66. The molecule has 1 rings (SSSR count). The molecule has 0 aliphatic rings. The summed E-state index contributed by atoms with van der Waals surface area (Å²) in [4.78, 5) is 0. The number of hydrogen-bond acceptors (Lipinski definition) is 2. The van der Waals surface area contributed by atoms with Gasteiger partial charge in [0.25, 0.3) is 0 Å². The fourth-order valence-corrected chi connectivity index (χ4v) is 2.90. The van der Waals surface area contributed by atoms with Crippen molar-refractivity contribution in [2.24, 2.45) is 0 Å². The minimum atomic E-state index is -3.52. The number of rotatable bonds is 7. The summed E-state index contributed by atoms with van der Waals surface area (Å²) in [6.07, 6.45) is 1.33. The van der Waals surface area contributed by atoms with Crippen molar-refractivity contribution >= 4 is 28.6 Å². The molecular weight excluding hydrogens is 302 g/mol. The fraction of sp³-hybridized carbons (Fsp3) is 0.571. The van der Waals surface area contributed by atoms with Crippen molar-refractivity contribution in [3.63, 3.8) is 0 Å². The Bertz CT molecular complexity index is 437. The van der Waals surface area contributed by atoms with Gasteiger partial charge < -0.3 is 4.52 Å². The van der Waals surface area contributed by atoms with Crippen LogP contribution in [-0.4, -0.2) is 0 Å². The maximum Gasteiger partial charge on any atom is 0.428 e. The molecule has 0 aliphatic carbocycles. The van der Waals surface area contributed by atoms with Gasteiger partial charge in [0.05, 0.1) is 0 Å². The molecule has 1 aromatic rings. The molecule has 0 aliphatic heterocycles. The Hall–Kier alpha value is -0.170. The standard InChI is InChI=1S/C14H21Cl2O2P/c1-4-5-6-11-14(2,3)12-7-9-13(10-8-12)18-19(15,16)17/h7-10H,4-6,11H2,1-3H3. The van der Waals surface area contributed by atoms with Gasteiger partial charge in [0.2, 0.25) is 0 Å². The van der Waals surface area contributed by atoms with Gasteiger partial charge in [-0.2, -0.15) is 0 Å². The predicted molar refractivity (Wildman–Crippen MR) is 83.6 cm³/mol. The molecule has 0 aromatic heterocycles. The quantitative estimate of drug-likeness (QED) is 0.422. The molecule has 0 radical (unpaired) electrons. The van der Waals surface area contributed by atoms with Gasteiger partial charge in [0.1, 0.15) is 5.75 Å². The van der Waals surface area contributed by atoms with E-state index in [0.29, 0.717) is 5.75 Å². The average molecular weight is 323 g/mol. The minimum Gasteiger partial charge on any atom is -0.422 e. The maximum atomic E-state index is 11.1. The molecular formula is C14H21Cl2O2P. The van der Waals surface area contributed by atoms with Crippen LogP contribution in [0.3, 0.4) is 0 Å². The third-order valence-electron chi connectivity index (χ3n) is 3.25. The molecule has 5 heteroatoms. The molecule has 0 atom stereocenters. The van der Waals surface area contributed by atoms with E-state index >= 15 is 0 Å². The highest BCUT2D eigenvalue weighted by Crippen LogP contribution is 2.57. The summed E-state index contributed by atoms with van der Waals surface area (Å²) >= 11 is 10.8. The Morgan fingerprint density at radius 2 is 1.74 bits per heavy atom. The highest BCUT2D eigenvalue weighted by Gasteiger charge is 2.21. The highest BCUT2D eigenvalue weighted by atomic mass is 35.9. The van der Waals surface area contributed by atoms with E-state index in [2.05, 4.69) is 20.8 Å². The van der Waals surface area contributed by atoms with E-state index < -0.39 is 6.07 Å². The molecule has 2 nitrogen and oxygen atoms in total. The van der Waals surface area contributed by atoms with Crippen molar-refractivity contribution in [3.8, 4) is 5.75 Å². The molecule has 0 unspecified atom stereocenters. The Morgan fingerprint density at radius 3 is 2.21 bits per heavy atom. The van der Waals surface area contributed by atoms with Gasteiger partial charge in [-0.3, -0.25) is 0 Å². The zero-order valence-electron chi connectivity index (χ0n) is 11.7. The van der Waals surface area contributed by atoms with E-state index in [4.69, 9.17) is 27.0 Å². The predicted octanol–water partition coefficient (Wildman–Crippen LogP) is 6.51. The van der Waals surface area contributed by atoms with Crippen LogP contribution >= 0.6 is 28.6 Å². The Labute approximate surface area is 125 Å². The molecule has 1 aromatic carbocycles. The first-order chi connectivity index (χ1) is 8.74. The normalized spacial score (nSPS) is 12.5. The highest BCUT2D eigenvalue weighted by molar-refractivity contribution is 8.05. The average Bonchev–Trinajstić information content (AvgIpc) is 2.27. The number of hydrogen-bond donors (Lipinski definition) is 0. The van der Waals surface area contributed by atoms with Crippen LogP contribution in [0.4, 0.5) is 0 Å². The molecule has 108 valence electrons. The second-order valence-corrected chi connectivity index (χ2v) is 9.57. The van der Waals surface area contributed by atoms with Crippen molar-refractivity contribution in [2.45, 2.75) is 51.9 Å². The largest absolute Gasteiger partial charge is 0.428 e. The molecule has 0 bridgehead atoms. The number of benzene rings is 1. The lowest BCUT2D eigenvalue weighted by atomic mass is 9.80. The summed E-state index contributed by atoms with van der Waals surface area (Å²) in [6, 6.07) is 7.47. The second kappa shape index (κ2) is 7.02. The van der Waals surface area contributed by atoms with Crippen LogP contribution in [-0.2, 0) is 9.98 Å². The molecule has 0 N–H and O–H groups in total. The van der Waals surface area contributed by atoms with Gasteiger partial charge in [-0.1, -0.05) is 52.2 Å². The van der Waals surface area contributed by atoms with Crippen molar-refractivity contribution in [3.05, 3.63) is 29.8 Å². The topological polar surface area (TPSA) is 26.3 Å². The van der Waals surface area contributed by atoms with E-state index in [0.717, 1.165) is 6.42 Å². The Morgan fingerprint density at radius 1 is 1.16 bits per heavy atom. The summed E-state index contributed by atoms with van der Waals surface area (Å²) < 4.78 is 16.1. The van der Waals surface area contributed by atoms with Gasteiger partial charge in [-0.15, -0.1) is 0 Å².